The third kappa shape index (κ3) is 2.60. The first-order valence-electron chi connectivity index (χ1n) is 5.54. The molecule has 1 heterocycles. The number of thiol groups is 1. The van der Waals surface area contributed by atoms with E-state index in [1.807, 2.05) is 24.3 Å². The lowest BCUT2D eigenvalue weighted by atomic mass is 9.99. The number of aliphatic hydroxyl groups excluding tert-OH is 2. The summed E-state index contributed by atoms with van der Waals surface area (Å²) in [5.74, 6) is 0.543. The molecule has 17 heavy (non-hydrogen) atoms. The highest BCUT2D eigenvalue weighted by molar-refractivity contribution is 7.80. The molecule has 0 fully saturated rings. The zero-order valence-corrected chi connectivity index (χ0v) is 10.2. The van der Waals surface area contributed by atoms with Crippen molar-refractivity contribution < 1.29 is 10.2 Å². The molecule has 2 atom stereocenters. The van der Waals surface area contributed by atoms with Crippen LogP contribution in [0, 0.1) is 0 Å². The minimum Gasteiger partial charge on any atom is -0.390 e. The fraction of sp³-hybridized carbons (Fsp3) is 0.308. The maximum Gasteiger partial charge on any atom is 0.106 e. The zero-order valence-electron chi connectivity index (χ0n) is 9.32. The van der Waals surface area contributed by atoms with E-state index in [2.05, 4.69) is 17.6 Å². The van der Waals surface area contributed by atoms with Gasteiger partial charge < -0.3 is 10.2 Å². The van der Waals surface area contributed by atoms with Crippen molar-refractivity contribution in [2.75, 3.05) is 5.75 Å². The Morgan fingerprint density at radius 2 is 1.94 bits per heavy atom. The molecule has 0 aliphatic heterocycles. The molecular weight excluding hydrogens is 234 g/mol. The van der Waals surface area contributed by atoms with Crippen LogP contribution >= 0.6 is 12.6 Å². The summed E-state index contributed by atoms with van der Waals surface area (Å²) in [6.45, 7) is 0. The van der Waals surface area contributed by atoms with Gasteiger partial charge in [0.1, 0.15) is 6.10 Å². The van der Waals surface area contributed by atoms with Crippen molar-refractivity contribution in [3.8, 4) is 0 Å². The number of hydrogen-bond acceptors (Lipinski definition) is 4. The predicted molar refractivity (Wildman–Crippen MR) is 71.2 cm³/mol. The maximum atomic E-state index is 10.1. The molecule has 2 rings (SSSR count). The molecular formula is C13H15NO2S. The van der Waals surface area contributed by atoms with Crippen LogP contribution < -0.4 is 0 Å². The smallest absolute Gasteiger partial charge is 0.106 e. The van der Waals surface area contributed by atoms with Gasteiger partial charge in [0.2, 0.25) is 0 Å². The van der Waals surface area contributed by atoms with Gasteiger partial charge in [0, 0.05) is 11.6 Å². The number of aliphatic hydroxyl groups is 2. The average Bonchev–Trinajstić information content (AvgIpc) is 2.37. The van der Waals surface area contributed by atoms with Gasteiger partial charge in [0.15, 0.2) is 0 Å². The van der Waals surface area contributed by atoms with Crippen LogP contribution in [-0.2, 0) is 0 Å². The first-order valence-corrected chi connectivity index (χ1v) is 6.18. The molecule has 3 nitrogen and oxygen atoms in total. The summed E-state index contributed by atoms with van der Waals surface area (Å²) in [6.07, 6.45) is 0.420. The maximum absolute atomic E-state index is 10.1. The molecule has 90 valence electrons. The van der Waals surface area contributed by atoms with E-state index in [1.165, 1.54) is 0 Å². The van der Waals surface area contributed by atoms with E-state index in [9.17, 15) is 10.2 Å². The number of hydrogen-bond donors (Lipinski definition) is 3. The lowest BCUT2D eigenvalue weighted by molar-refractivity contribution is 0.0181. The molecule has 0 aliphatic rings. The summed E-state index contributed by atoms with van der Waals surface area (Å²) in [6, 6.07) is 9.32. The van der Waals surface area contributed by atoms with Gasteiger partial charge in [-0.3, -0.25) is 4.98 Å². The van der Waals surface area contributed by atoms with Gasteiger partial charge in [-0.25, -0.2) is 0 Å². The molecule has 2 N–H and O–H groups in total. The van der Waals surface area contributed by atoms with Crippen LogP contribution in [0.2, 0.25) is 0 Å². The Hall–Kier alpha value is -1.10. The highest BCUT2D eigenvalue weighted by Gasteiger charge is 2.19. The van der Waals surface area contributed by atoms with Crippen LogP contribution in [-0.4, -0.2) is 27.1 Å². The number of rotatable bonds is 4. The van der Waals surface area contributed by atoms with Crippen molar-refractivity contribution >= 4 is 23.5 Å². The monoisotopic (exact) mass is 249 g/mol. The Morgan fingerprint density at radius 3 is 2.71 bits per heavy atom. The molecule has 0 spiro atoms. The molecule has 0 amide bonds. The molecule has 0 aliphatic carbocycles. The minimum absolute atomic E-state index is 0.459. The van der Waals surface area contributed by atoms with Crippen molar-refractivity contribution in [3.05, 3.63) is 42.1 Å². The van der Waals surface area contributed by atoms with Gasteiger partial charge in [0.25, 0.3) is 0 Å². The lowest BCUT2D eigenvalue weighted by Crippen LogP contribution is -2.19. The van der Waals surface area contributed by atoms with E-state index < -0.39 is 12.2 Å². The van der Waals surface area contributed by atoms with E-state index >= 15 is 0 Å². The van der Waals surface area contributed by atoms with Gasteiger partial charge in [-0.2, -0.15) is 12.6 Å². The van der Waals surface area contributed by atoms with Gasteiger partial charge in [0.05, 0.1) is 11.6 Å². The summed E-state index contributed by atoms with van der Waals surface area (Å²) < 4.78 is 0. The Bertz CT molecular complexity index is 498. The van der Waals surface area contributed by atoms with Crippen molar-refractivity contribution in [2.24, 2.45) is 0 Å². The largest absolute Gasteiger partial charge is 0.390 e. The van der Waals surface area contributed by atoms with Gasteiger partial charge in [-0.15, -0.1) is 0 Å². The average molecular weight is 249 g/mol. The number of nitrogens with zero attached hydrogens (tertiary/aromatic N) is 1. The van der Waals surface area contributed by atoms with E-state index in [4.69, 9.17) is 0 Å². The molecule has 2 aromatic rings. The Kier molecular flexibility index (Phi) is 3.99. The SMILES string of the molecule is OC(CCS)C(O)c1ccnc2ccccc12. The van der Waals surface area contributed by atoms with E-state index in [0.717, 1.165) is 10.9 Å². The summed E-state index contributed by atoms with van der Waals surface area (Å²) in [4.78, 5) is 4.22. The van der Waals surface area contributed by atoms with Crippen molar-refractivity contribution in [2.45, 2.75) is 18.6 Å². The predicted octanol–water partition coefficient (Wildman–Crippen LogP) is 1.95. The van der Waals surface area contributed by atoms with Crippen LogP contribution in [0.15, 0.2) is 36.5 Å². The highest BCUT2D eigenvalue weighted by Crippen LogP contribution is 2.26. The standard InChI is InChI=1S/C13H15NO2S/c15-12(6-8-17)13(16)10-5-7-14-11-4-2-1-3-9(10)11/h1-5,7,12-13,15-17H,6,8H2. The Balaban J connectivity index is 2.41. The summed E-state index contributed by atoms with van der Waals surface area (Å²) >= 11 is 4.06. The molecule has 1 aromatic carbocycles. The molecule has 2 unspecified atom stereocenters. The molecule has 0 radical (unpaired) electrons. The second-order valence-corrected chi connectivity index (χ2v) is 4.39. The molecule has 1 aromatic heterocycles. The first kappa shape index (κ1) is 12.4. The van der Waals surface area contributed by atoms with Crippen LogP contribution in [0.3, 0.4) is 0 Å². The second kappa shape index (κ2) is 5.49. The number of aromatic nitrogens is 1. The number of benzene rings is 1. The first-order chi connectivity index (χ1) is 8.24. The van der Waals surface area contributed by atoms with Crippen molar-refractivity contribution in [1.82, 2.24) is 4.98 Å². The fourth-order valence-electron chi connectivity index (χ4n) is 1.87. The van der Waals surface area contributed by atoms with Crippen molar-refractivity contribution in [1.29, 1.82) is 0 Å². The number of pyridine rings is 1. The van der Waals surface area contributed by atoms with Crippen LogP contribution in [0.25, 0.3) is 10.9 Å². The third-order valence-electron chi connectivity index (χ3n) is 2.79. The lowest BCUT2D eigenvalue weighted by Gasteiger charge is -2.18. The summed E-state index contributed by atoms with van der Waals surface area (Å²) in [5, 5.41) is 20.8. The third-order valence-corrected chi connectivity index (χ3v) is 3.05. The van der Waals surface area contributed by atoms with Crippen LogP contribution in [0.5, 0.6) is 0 Å². The molecule has 0 saturated carbocycles. The van der Waals surface area contributed by atoms with Gasteiger partial charge in [-0.1, -0.05) is 18.2 Å². The number of para-hydroxylation sites is 1. The molecule has 4 heteroatoms. The quantitative estimate of drug-likeness (QED) is 0.726. The van der Waals surface area contributed by atoms with Gasteiger partial charge in [-0.05, 0) is 29.9 Å². The Morgan fingerprint density at radius 1 is 1.18 bits per heavy atom. The van der Waals surface area contributed by atoms with Crippen molar-refractivity contribution in [3.63, 3.8) is 0 Å². The zero-order chi connectivity index (χ0) is 12.3. The summed E-state index contributed by atoms with van der Waals surface area (Å²) in [5.41, 5.74) is 1.53. The molecule has 0 bridgehead atoms. The Labute approximate surface area is 106 Å². The van der Waals surface area contributed by atoms with E-state index in [0.29, 0.717) is 17.7 Å². The highest BCUT2D eigenvalue weighted by atomic mass is 32.1. The van der Waals surface area contributed by atoms with Gasteiger partial charge >= 0.3 is 0 Å². The van der Waals surface area contributed by atoms with E-state index in [1.54, 1.807) is 12.3 Å². The summed E-state index contributed by atoms with van der Waals surface area (Å²) in [7, 11) is 0. The molecule has 0 saturated heterocycles. The minimum atomic E-state index is -0.893. The fourth-order valence-corrected chi connectivity index (χ4v) is 2.14. The second-order valence-electron chi connectivity index (χ2n) is 3.94. The van der Waals surface area contributed by atoms with Crippen LogP contribution in [0.1, 0.15) is 18.1 Å². The normalized spacial score (nSPS) is 14.8. The van der Waals surface area contributed by atoms with Crippen LogP contribution in [0.4, 0.5) is 0 Å². The number of fused-ring (bicyclic) bond motifs is 1. The van der Waals surface area contributed by atoms with E-state index in [-0.39, 0.29) is 0 Å². The topological polar surface area (TPSA) is 53.4 Å².